The summed E-state index contributed by atoms with van der Waals surface area (Å²) in [5.41, 5.74) is 2.59. The Hall–Kier alpha value is -4.89. The van der Waals surface area contributed by atoms with E-state index in [4.69, 9.17) is 23.9 Å². The third kappa shape index (κ3) is 5.03. The zero-order valence-electron chi connectivity index (χ0n) is 23.2. The normalized spacial score (nSPS) is 13.9. The minimum atomic E-state index is -0.736. The number of hydrogen-bond donors (Lipinski definition) is 1. The second-order valence-electron chi connectivity index (χ2n) is 10.4. The van der Waals surface area contributed by atoms with Gasteiger partial charge in [0, 0.05) is 0 Å². The summed E-state index contributed by atoms with van der Waals surface area (Å²) in [5, 5.41) is 11.2. The third-order valence-corrected chi connectivity index (χ3v) is 7.29. The number of halogens is 1. The molecule has 0 amide bonds. The van der Waals surface area contributed by atoms with Crippen molar-refractivity contribution in [3.05, 3.63) is 107 Å². The molecule has 0 spiro atoms. The van der Waals surface area contributed by atoms with Crippen LogP contribution in [0.2, 0.25) is 0 Å². The van der Waals surface area contributed by atoms with E-state index in [2.05, 4.69) is 0 Å². The van der Waals surface area contributed by atoms with E-state index < -0.39 is 17.3 Å². The van der Waals surface area contributed by atoms with Crippen LogP contribution in [0.25, 0.3) is 22.4 Å². The minimum absolute atomic E-state index is 0.0200. The van der Waals surface area contributed by atoms with Crippen molar-refractivity contribution in [1.29, 1.82) is 0 Å². The molecular weight excluding hydrogens is 539 g/mol. The molecule has 0 saturated carbocycles. The van der Waals surface area contributed by atoms with Gasteiger partial charge in [-0.1, -0.05) is 60.7 Å². The number of hydrogen-bond acceptors (Lipinski definition) is 7. The fourth-order valence-corrected chi connectivity index (χ4v) is 5.07. The maximum atomic E-state index is 16.6. The van der Waals surface area contributed by atoms with Crippen LogP contribution >= 0.6 is 0 Å². The minimum Gasteiger partial charge on any atom is -0.504 e. The van der Waals surface area contributed by atoms with Crippen LogP contribution in [0.15, 0.2) is 84.9 Å². The van der Waals surface area contributed by atoms with Gasteiger partial charge < -0.3 is 28.6 Å². The Morgan fingerprint density at radius 2 is 1.57 bits per heavy atom. The topological polar surface area (TPSA) is 92.0 Å². The number of imidazole rings is 1. The Morgan fingerprint density at radius 3 is 2.14 bits per heavy atom. The molecule has 0 unspecified atom stereocenters. The zero-order chi connectivity index (χ0) is 29.3. The van der Waals surface area contributed by atoms with Crippen molar-refractivity contribution in [3.8, 4) is 28.6 Å². The van der Waals surface area contributed by atoms with E-state index in [0.29, 0.717) is 29.8 Å². The van der Waals surface area contributed by atoms with Gasteiger partial charge in [-0.05, 0) is 42.3 Å². The summed E-state index contributed by atoms with van der Waals surface area (Å²) in [7, 11) is 1.31. The Balaban J connectivity index is 1.49. The van der Waals surface area contributed by atoms with Crippen LogP contribution in [0.3, 0.4) is 0 Å². The average Bonchev–Trinajstić information content (AvgIpc) is 3.39. The summed E-state index contributed by atoms with van der Waals surface area (Å²) in [6.07, 6.45) is 0. The monoisotopic (exact) mass is 568 g/mol. The molecule has 0 aliphatic carbocycles. The molecular formula is C33H29FN2O6. The number of benzene rings is 4. The van der Waals surface area contributed by atoms with Crippen LogP contribution in [0.4, 0.5) is 4.39 Å². The molecule has 0 radical (unpaired) electrons. The fourth-order valence-electron chi connectivity index (χ4n) is 5.07. The van der Waals surface area contributed by atoms with E-state index in [1.807, 2.05) is 72.2 Å². The highest BCUT2D eigenvalue weighted by Gasteiger charge is 2.40. The highest BCUT2D eigenvalue weighted by molar-refractivity contribution is 5.94. The number of phenols is 1. The van der Waals surface area contributed by atoms with Gasteiger partial charge in [-0.25, -0.2) is 14.2 Å². The first kappa shape index (κ1) is 27.3. The number of carbonyl (C=O) groups is 1. The van der Waals surface area contributed by atoms with Crippen molar-refractivity contribution >= 4 is 17.0 Å². The first-order valence-electron chi connectivity index (χ1n) is 13.5. The summed E-state index contributed by atoms with van der Waals surface area (Å²) < 4.78 is 40.9. The van der Waals surface area contributed by atoms with Crippen molar-refractivity contribution in [2.45, 2.75) is 25.7 Å². The van der Waals surface area contributed by atoms with E-state index >= 15 is 4.39 Å². The maximum Gasteiger partial charge on any atom is 0.337 e. The number of fused-ring (bicyclic) bond motifs is 1. The van der Waals surface area contributed by atoms with Crippen LogP contribution in [-0.2, 0) is 28.2 Å². The second-order valence-corrected chi connectivity index (χ2v) is 10.4. The van der Waals surface area contributed by atoms with Crippen LogP contribution < -0.4 is 9.47 Å². The standard InChI is InChI=1S/C33H29FN2O6/c1-33(19-40-20-33)36-26-15-23(32(38)39-2)13-14-25(26)35-31(36)24-16-27(37)29(41-17-21-9-5-3-6-10-21)30(28(24)34)42-18-22-11-7-4-8-12-22/h3-16,37H,17-20H2,1-2H3. The van der Waals surface area contributed by atoms with Gasteiger partial charge in [0.1, 0.15) is 19.0 Å². The lowest BCUT2D eigenvalue weighted by Gasteiger charge is -2.40. The smallest absolute Gasteiger partial charge is 0.337 e. The van der Waals surface area contributed by atoms with Gasteiger partial charge in [-0.15, -0.1) is 0 Å². The first-order valence-corrected chi connectivity index (χ1v) is 13.5. The molecule has 0 bridgehead atoms. The van der Waals surface area contributed by atoms with Gasteiger partial charge in [0.25, 0.3) is 0 Å². The van der Waals surface area contributed by atoms with E-state index in [0.717, 1.165) is 11.1 Å². The number of nitrogens with zero attached hydrogens (tertiary/aromatic N) is 2. The van der Waals surface area contributed by atoms with Gasteiger partial charge in [-0.2, -0.15) is 0 Å². The predicted molar refractivity (Wildman–Crippen MR) is 154 cm³/mol. The quantitative estimate of drug-likeness (QED) is 0.211. The molecule has 1 aromatic heterocycles. The molecule has 1 aliphatic heterocycles. The molecule has 1 N–H and O–H groups in total. The summed E-state index contributed by atoms with van der Waals surface area (Å²) in [6.45, 7) is 2.83. The number of carbonyl (C=O) groups excluding carboxylic acids is 1. The largest absolute Gasteiger partial charge is 0.504 e. The summed E-state index contributed by atoms with van der Waals surface area (Å²) in [5.74, 6) is -1.61. The molecule has 42 heavy (non-hydrogen) atoms. The van der Waals surface area contributed by atoms with Gasteiger partial charge in [0.05, 0.1) is 48.0 Å². The molecule has 1 saturated heterocycles. The molecule has 1 fully saturated rings. The summed E-state index contributed by atoms with van der Waals surface area (Å²) in [4.78, 5) is 17.1. The third-order valence-electron chi connectivity index (χ3n) is 7.29. The molecule has 2 heterocycles. The number of ether oxygens (including phenoxy) is 4. The lowest BCUT2D eigenvalue weighted by Crippen LogP contribution is -2.49. The molecule has 214 valence electrons. The molecule has 4 aromatic carbocycles. The van der Waals surface area contributed by atoms with Crippen LogP contribution in [0.1, 0.15) is 28.4 Å². The van der Waals surface area contributed by atoms with Gasteiger partial charge in [0.15, 0.2) is 11.6 Å². The molecule has 5 aromatic rings. The molecule has 6 rings (SSSR count). The molecule has 8 nitrogen and oxygen atoms in total. The Kier molecular flexibility index (Phi) is 7.26. The number of phenolic OH excluding ortho intramolecular Hbond substituents is 1. The number of esters is 1. The Bertz CT molecular complexity index is 1750. The molecule has 9 heteroatoms. The van der Waals surface area contributed by atoms with E-state index in [1.165, 1.54) is 13.2 Å². The highest BCUT2D eigenvalue weighted by Crippen LogP contribution is 2.46. The van der Waals surface area contributed by atoms with Gasteiger partial charge in [-0.3, -0.25) is 0 Å². The average molecular weight is 569 g/mol. The van der Waals surface area contributed by atoms with Gasteiger partial charge >= 0.3 is 5.97 Å². The number of aromatic nitrogens is 2. The summed E-state index contributed by atoms with van der Waals surface area (Å²) in [6, 6.07) is 25.0. The van der Waals surface area contributed by atoms with E-state index in [9.17, 15) is 9.90 Å². The van der Waals surface area contributed by atoms with Crippen molar-refractivity contribution in [3.63, 3.8) is 0 Å². The highest BCUT2D eigenvalue weighted by atomic mass is 19.1. The fraction of sp³-hybridized carbons (Fsp3) is 0.212. The van der Waals surface area contributed by atoms with Crippen LogP contribution in [0, 0.1) is 5.82 Å². The van der Waals surface area contributed by atoms with Crippen LogP contribution in [-0.4, -0.2) is 41.0 Å². The molecule has 1 aliphatic rings. The van der Waals surface area contributed by atoms with Crippen LogP contribution in [0.5, 0.6) is 17.2 Å². The lowest BCUT2D eigenvalue weighted by molar-refractivity contribution is -0.0868. The Morgan fingerprint density at radius 1 is 0.952 bits per heavy atom. The van der Waals surface area contributed by atoms with E-state index in [1.54, 1.807) is 18.2 Å². The summed E-state index contributed by atoms with van der Waals surface area (Å²) >= 11 is 0. The van der Waals surface area contributed by atoms with Gasteiger partial charge in [0.2, 0.25) is 11.5 Å². The maximum absolute atomic E-state index is 16.6. The second kappa shape index (κ2) is 11.2. The molecule has 0 atom stereocenters. The first-order chi connectivity index (χ1) is 20.4. The predicted octanol–water partition coefficient (Wildman–Crippen LogP) is 6.24. The lowest BCUT2D eigenvalue weighted by atomic mass is 9.98. The van der Waals surface area contributed by atoms with Crippen molar-refractivity contribution in [2.75, 3.05) is 20.3 Å². The van der Waals surface area contributed by atoms with E-state index in [-0.39, 0.29) is 41.9 Å². The zero-order valence-corrected chi connectivity index (χ0v) is 23.2. The Labute approximate surface area is 241 Å². The van der Waals surface area contributed by atoms with Crippen molar-refractivity contribution in [2.24, 2.45) is 0 Å². The number of rotatable bonds is 9. The van der Waals surface area contributed by atoms with Crippen molar-refractivity contribution < 1.29 is 33.2 Å². The number of aromatic hydroxyl groups is 1. The number of methoxy groups -OCH3 is 1. The van der Waals surface area contributed by atoms with Crippen molar-refractivity contribution in [1.82, 2.24) is 9.55 Å². The SMILES string of the molecule is COC(=O)c1ccc2nc(-c3cc(O)c(OCc4ccccc4)c(OCc4ccccc4)c3F)n(C3(C)COC3)c2c1.